The fourth-order valence-electron chi connectivity index (χ4n) is 2.08. The van der Waals surface area contributed by atoms with Gasteiger partial charge in [0.2, 0.25) is 0 Å². The molecular formula is C15H14N2O3. The minimum atomic E-state index is -1.13. The molecule has 0 spiro atoms. The summed E-state index contributed by atoms with van der Waals surface area (Å²) in [5.41, 5.74) is 1.10. The van der Waals surface area contributed by atoms with Crippen LogP contribution >= 0.6 is 0 Å². The number of nitriles is 1. The van der Waals surface area contributed by atoms with Gasteiger partial charge in [0.05, 0.1) is 17.7 Å². The van der Waals surface area contributed by atoms with Gasteiger partial charge in [0.15, 0.2) is 6.04 Å². The maximum Gasteiger partial charge on any atom is 0.328 e. The molecule has 0 bridgehead atoms. The third-order valence-electron chi connectivity index (χ3n) is 3.10. The quantitative estimate of drug-likeness (QED) is 0.789. The van der Waals surface area contributed by atoms with E-state index in [2.05, 4.69) is 11.4 Å². The number of hydrogen-bond acceptors (Lipinski definition) is 4. The highest BCUT2D eigenvalue weighted by molar-refractivity contribution is 5.98. The molecule has 102 valence electrons. The van der Waals surface area contributed by atoms with Crippen molar-refractivity contribution in [2.75, 3.05) is 5.32 Å². The molecule has 3 N–H and O–H groups in total. The molecule has 0 unspecified atom stereocenters. The Kier molecular flexibility index (Phi) is 3.87. The zero-order valence-corrected chi connectivity index (χ0v) is 10.9. The van der Waals surface area contributed by atoms with Gasteiger partial charge < -0.3 is 15.5 Å². The average molecular weight is 270 g/mol. The number of nitrogens with zero attached hydrogens (tertiary/aromatic N) is 1. The molecule has 2 rings (SSSR count). The second-order valence-electron chi connectivity index (χ2n) is 4.52. The van der Waals surface area contributed by atoms with Crippen molar-refractivity contribution in [1.29, 1.82) is 5.26 Å². The number of hydrogen-bond donors (Lipinski definition) is 3. The predicted molar refractivity (Wildman–Crippen MR) is 75.4 cm³/mol. The third-order valence-corrected chi connectivity index (χ3v) is 3.10. The van der Waals surface area contributed by atoms with Crippen LogP contribution in [0.25, 0.3) is 10.8 Å². The topological polar surface area (TPSA) is 93.4 Å². The number of fused-ring (bicyclic) bond motifs is 1. The van der Waals surface area contributed by atoms with Gasteiger partial charge >= 0.3 is 5.97 Å². The number of aliphatic hydroxyl groups is 1. The largest absolute Gasteiger partial charge is 0.480 e. The highest BCUT2D eigenvalue weighted by Crippen LogP contribution is 2.27. The van der Waals surface area contributed by atoms with E-state index < -0.39 is 18.1 Å². The first-order valence-electron chi connectivity index (χ1n) is 6.14. The Morgan fingerprint density at radius 1 is 1.25 bits per heavy atom. The molecular weight excluding hydrogens is 256 g/mol. The fourth-order valence-corrected chi connectivity index (χ4v) is 2.08. The van der Waals surface area contributed by atoms with E-state index in [4.69, 9.17) is 10.4 Å². The van der Waals surface area contributed by atoms with Crippen molar-refractivity contribution < 1.29 is 15.0 Å². The molecule has 2 aromatic rings. The molecule has 20 heavy (non-hydrogen) atoms. The number of aliphatic hydroxyl groups excluding tert-OH is 1. The lowest BCUT2D eigenvalue weighted by Crippen LogP contribution is -2.39. The molecule has 0 amide bonds. The second kappa shape index (κ2) is 5.59. The lowest BCUT2D eigenvalue weighted by Gasteiger charge is -2.19. The van der Waals surface area contributed by atoms with Gasteiger partial charge in [0.25, 0.3) is 0 Å². The van der Waals surface area contributed by atoms with Gasteiger partial charge in [-0.05, 0) is 19.1 Å². The zero-order valence-electron chi connectivity index (χ0n) is 10.9. The third kappa shape index (κ3) is 2.56. The molecule has 0 saturated carbocycles. The van der Waals surface area contributed by atoms with Gasteiger partial charge in [0, 0.05) is 16.5 Å². The van der Waals surface area contributed by atoms with Gasteiger partial charge in [-0.2, -0.15) is 5.26 Å². The predicted octanol–water partition coefficient (Wildman–Crippen LogP) is 1.96. The van der Waals surface area contributed by atoms with Crippen molar-refractivity contribution in [3.05, 3.63) is 42.0 Å². The summed E-state index contributed by atoms with van der Waals surface area (Å²) in [7, 11) is 0. The number of aliphatic carboxylic acids is 1. The van der Waals surface area contributed by atoms with Gasteiger partial charge in [-0.1, -0.05) is 24.3 Å². The maximum atomic E-state index is 11.1. The van der Waals surface area contributed by atoms with Gasteiger partial charge in [0.1, 0.15) is 0 Å². The maximum absolute atomic E-state index is 11.1. The molecule has 2 atom stereocenters. The molecule has 0 aromatic heterocycles. The molecule has 0 radical (unpaired) electrons. The van der Waals surface area contributed by atoms with Crippen LogP contribution in [-0.2, 0) is 4.79 Å². The Morgan fingerprint density at radius 3 is 2.45 bits per heavy atom. The normalized spacial score (nSPS) is 13.4. The summed E-state index contributed by atoms with van der Waals surface area (Å²) < 4.78 is 0. The lowest BCUT2D eigenvalue weighted by molar-refractivity contribution is -0.140. The molecule has 5 heteroatoms. The molecule has 0 saturated heterocycles. The first-order valence-corrected chi connectivity index (χ1v) is 6.14. The second-order valence-corrected chi connectivity index (χ2v) is 4.52. The van der Waals surface area contributed by atoms with Crippen LogP contribution in [0, 0.1) is 11.3 Å². The van der Waals surface area contributed by atoms with E-state index in [0.717, 1.165) is 10.8 Å². The lowest BCUT2D eigenvalue weighted by atomic mass is 10.0. The molecule has 0 heterocycles. The van der Waals surface area contributed by atoms with Gasteiger partial charge in [-0.15, -0.1) is 0 Å². The van der Waals surface area contributed by atoms with Crippen molar-refractivity contribution in [3.63, 3.8) is 0 Å². The highest BCUT2D eigenvalue weighted by Gasteiger charge is 2.23. The first-order chi connectivity index (χ1) is 9.54. The molecule has 0 aliphatic carbocycles. The first kappa shape index (κ1) is 13.8. The summed E-state index contributed by atoms with van der Waals surface area (Å²) in [6.45, 7) is 1.41. The molecule has 5 nitrogen and oxygen atoms in total. The van der Waals surface area contributed by atoms with Crippen LogP contribution in [0.3, 0.4) is 0 Å². The Labute approximate surface area is 116 Å². The van der Waals surface area contributed by atoms with Crippen molar-refractivity contribution in [2.24, 2.45) is 0 Å². The van der Waals surface area contributed by atoms with Crippen molar-refractivity contribution >= 4 is 22.4 Å². The van der Waals surface area contributed by atoms with E-state index in [-0.39, 0.29) is 0 Å². The van der Waals surface area contributed by atoms with E-state index in [1.54, 1.807) is 24.3 Å². The van der Waals surface area contributed by atoms with Crippen molar-refractivity contribution in [3.8, 4) is 6.07 Å². The smallest absolute Gasteiger partial charge is 0.328 e. The van der Waals surface area contributed by atoms with E-state index in [0.29, 0.717) is 11.3 Å². The minimum absolute atomic E-state index is 0.523. The van der Waals surface area contributed by atoms with Crippen LogP contribution in [-0.4, -0.2) is 28.3 Å². The van der Waals surface area contributed by atoms with E-state index in [1.165, 1.54) is 6.92 Å². The Hall–Kier alpha value is -2.58. The fraction of sp³-hybridized carbons (Fsp3) is 0.200. The summed E-state index contributed by atoms with van der Waals surface area (Å²) in [5, 5.41) is 32.0. The SMILES string of the molecule is C[C@H](O)[C@@H](Nc1ccc(C#N)c2ccccc12)C(=O)O. The number of anilines is 1. The number of carbonyl (C=O) groups is 1. The van der Waals surface area contributed by atoms with Crippen LogP contribution in [0.1, 0.15) is 12.5 Å². The van der Waals surface area contributed by atoms with Crippen molar-refractivity contribution in [2.45, 2.75) is 19.1 Å². The number of carboxylic acid groups (broad SMARTS) is 1. The Bertz CT molecular complexity index is 689. The number of benzene rings is 2. The van der Waals surface area contributed by atoms with Crippen LogP contribution < -0.4 is 5.32 Å². The Balaban J connectivity index is 2.51. The minimum Gasteiger partial charge on any atom is -0.480 e. The summed E-state index contributed by atoms with van der Waals surface area (Å²) in [6.07, 6.45) is -1.04. The summed E-state index contributed by atoms with van der Waals surface area (Å²) in [5.74, 6) is -1.13. The van der Waals surface area contributed by atoms with Crippen LogP contribution in [0.2, 0.25) is 0 Å². The average Bonchev–Trinajstić information content (AvgIpc) is 2.43. The van der Waals surface area contributed by atoms with Crippen LogP contribution in [0.15, 0.2) is 36.4 Å². The standard InChI is InChI=1S/C15H14N2O3/c1-9(18)14(15(19)20)17-13-7-6-10(8-16)11-4-2-3-5-12(11)13/h2-7,9,14,17-18H,1H3,(H,19,20)/t9-,14+/m0/s1. The summed E-state index contributed by atoms with van der Waals surface area (Å²) >= 11 is 0. The highest BCUT2D eigenvalue weighted by atomic mass is 16.4. The molecule has 2 aromatic carbocycles. The van der Waals surface area contributed by atoms with Crippen molar-refractivity contribution in [1.82, 2.24) is 0 Å². The summed E-state index contributed by atoms with van der Waals surface area (Å²) in [4.78, 5) is 11.1. The number of nitrogens with one attached hydrogen (secondary N) is 1. The molecule has 0 aliphatic rings. The number of rotatable bonds is 4. The van der Waals surface area contributed by atoms with Crippen LogP contribution in [0.4, 0.5) is 5.69 Å². The van der Waals surface area contributed by atoms with E-state index in [9.17, 15) is 9.90 Å². The molecule has 0 aliphatic heterocycles. The Morgan fingerprint density at radius 2 is 1.90 bits per heavy atom. The van der Waals surface area contributed by atoms with E-state index >= 15 is 0 Å². The molecule has 0 fully saturated rings. The van der Waals surface area contributed by atoms with E-state index in [1.807, 2.05) is 12.1 Å². The van der Waals surface area contributed by atoms with Gasteiger partial charge in [-0.3, -0.25) is 0 Å². The van der Waals surface area contributed by atoms with Gasteiger partial charge in [-0.25, -0.2) is 4.79 Å². The van der Waals surface area contributed by atoms with Crippen LogP contribution in [0.5, 0.6) is 0 Å². The monoisotopic (exact) mass is 270 g/mol. The number of carboxylic acids is 1. The zero-order chi connectivity index (χ0) is 14.7. The summed E-state index contributed by atoms with van der Waals surface area (Å²) in [6, 6.07) is 11.5.